The molecular weight excluding hydrogens is 328 g/mol. The molecule has 0 radical (unpaired) electrons. The largest absolute Gasteiger partial charge is 0.398 e. The highest BCUT2D eigenvalue weighted by Gasteiger charge is 2.11. The van der Waals surface area contributed by atoms with Crippen LogP contribution < -0.4 is 11.1 Å². The molecule has 0 saturated carbocycles. The van der Waals surface area contributed by atoms with Gasteiger partial charge in [-0.15, -0.1) is 0 Å². The van der Waals surface area contributed by atoms with Crippen molar-refractivity contribution in [1.29, 1.82) is 0 Å². The molecule has 0 heterocycles. The number of hydrogen-bond donors (Lipinski definition) is 2. The van der Waals surface area contributed by atoms with Gasteiger partial charge in [-0.2, -0.15) is 0 Å². The minimum atomic E-state index is -0.239. The van der Waals surface area contributed by atoms with E-state index >= 15 is 0 Å². The molecule has 1 amide bonds. The number of rotatable bonds is 3. The van der Waals surface area contributed by atoms with Crippen LogP contribution in [0.5, 0.6) is 0 Å². The van der Waals surface area contributed by atoms with Crippen LogP contribution in [-0.4, -0.2) is 5.91 Å². The number of hydrogen-bond acceptors (Lipinski definition) is 2. The van der Waals surface area contributed by atoms with E-state index in [0.717, 1.165) is 10.0 Å². The molecule has 3 nitrogen and oxygen atoms in total. The molecule has 0 unspecified atom stereocenters. The van der Waals surface area contributed by atoms with Gasteiger partial charge in [-0.25, -0.2) is 0 Å². The Morgan fingerprint density at radius 3 is 2.74 bits per heavy atom. The molecule has 0 saturated heterocycles. The zero-order valence-corrected chi connectivity index (χ0v) is 12.3. The molecule has 2 rings (SSSR count). The molecule has 0 aliphatic rings. The van der Waals surface area contributed by atoms with Gasteiger partial charge in [0.25, 0.3) is 5.91 Å². The summed E-state index contributed by atoms with van der Waals surface area (Å²) in [6, 6.07) is 12.7. The number of nitrogens with one attached hydrogen (secondary N) is 1. The Balaban J connectivity index is 2.08. The zero-order valence-electron chi connectivity index (χ0n) is 9.99. The van der Waals surface area contributed by atoms with Crippen LogP contribution in [-0.2, 0) is 6.54 Å². The average Bonchev–Trinajstić information content (AvgIpc) is 2.39. The van der Waals surface area contributed by atoms with Crippen LogP contribution in [0.15, 0.2) is 46.9 Å². The van der Waals surface area contributed by atoms with Crippen LogP contribution in [0.2, 0.25) is 5.02 Å². The predicted octanol–water partition coefficient (Wildman–Crippen LogP) is 3.61. The smallest absolute Gasteiger partial charge is 0.253 e. The number of nitrogen functional groups attached to an aromatic ring is 1. The fourth-order valence-corrected chi connectivity index (χ4v) is 2.31. The summed E-state index contributed by atoms with van der Waals surface area (Å²) in [4.78, 5) is 12.0. The van der Waals surface area contributed by atoms with Gasteiger partial charge in [0.15, 0.2) is 0 Å². The standard InChI is InChI=1S/C14H12BrClN2O/c15-10-4-1-3-9(7-10)8-18-14(19)11-5-2-6-12(17)13(11)16/h1-7H,8,17H2,(H,18,19). The summed E-state index contributed by atoms with van der Waals surface area (Å²) in [7, 11) is 0. The predicted molar refractivity (Wildman–Crippen MR) is 81.2 cm³/mol. The van der Waals surface area contributed by atoms with E-state index in [9.17, 15) is 4.79 Å². The van der Waals surface area contributed by atoms with Crippen LogP contribution in [0, 0.1) is 0 Å². The van der Waals surface area contributed by atoms with E-state index < -0.39 is 0 Å². The molecule has 0 bridgehead atoms. The lowest BCUT2D eigenvalue weighted by Crippen LogP contribution is -2.23. The van der Waals surface area contributed by atoms with E-state index in [1.165, 1.54) is 0 Å². The van der Waals surface area contributed by atoms with Crippen LogP contribution >= 0.6 is 27.5 Å². The molecule has 0 aromatic heterocycles. The van der Waals surface area contributed by atoms with Crippen LogP contribution in [0.4, 0.5) is 5.69 Å². The lowest BCUT2D eigenvalue weighted by atomic mass is 10.1. The highest BCUT2D eigenvalue weighted by atomic mass is 79.9. The fraction of sp³-hybridized carbons (Fsp3) is 0.0714. The summed E-state index contributed by atoms with van der Waals surface area (Å²) in [6.45, 7) is 0.434. The second-order valence-corrected chi connectivity index (χ2v) is 5.32. The number of halogens is 2. The van der Waals surface area contributed by atoms with E-state index in [1.807, 2.05) is 24.3 Å². The first kappa shape index (κ1) is 13.9. The van der Waals surface area contributed by atoms with Gasteiger partial charge >= 0.3 is 0 Å². The van der Waals surface area contributed by atoms with Crippen LogP contribution in [0.25, 0.3) is 0 Å². The fourth-order valence-electron chi connectivity index (χ4n) is 1.65. The first-order valence-corrected chi connectivity index (χ1v) is 6.81. The Bertz CT molecular complexity index is 616. The van der Waals surface area contributed by atoms with Crippen molar-refractivity contribution < 1.29 is 4.79 Å². The minimum Gasteiger partial charge on any atom is -0.398 e. The minimum absolute atomic E-state index is 0.239. The first-order chi connectivity index (χ1) is 9.08. The number of amides is 1. The highest BCUT2D eigenvalue weighted by molar-refractivity contribution is 9.10. The van der Waals surface area contributed by atoms with Gasteiger partial charge in [-0.3, -0.25) is 4.79 Å². The molecule has 98 valence electrons. The maximum absolute atomic E-state index is 12.0. The van der Waals surface area contributed by atoms with Crippen molar-refractivity contribution in [1.82, 2.24) is 5.32 Å². The SMILES string of the molecule is Nc1cccc(C(=O)NCc2cccc(Br)c2)c1Cl. The van der Waals surface area contributed by atoms with Crippen molar-refractivity contribution in [2.75, 3.05) is 5.73 Å². The molecule has 0 spiro atoms. The normalized spacial score (nSPS) is 10.2. The summed E-state index contributed by atoms with van der Waals surface area (Å²) in [5.74, 6) is -0.239. The van der Waals surface area contributed by atoms with Crippen molar-refractivity contribution in [2.24, 2.45) is 0 Å². The van der Waals surface area contributed by atoms with Crippen molar-refractivity contribution >= 4 is 39.1 Å². The second-order valence-electron chi connectivity index (χ2n) is 4.02. The number of anilines is 1. The Kier molecular flexibility index (Phi) is 4.45. The third-order valence-electron chi connectivity index (χ3n) is 2.62. The van der Waals surface area contributed by atoms with Gasteiger partial charge in [0.1, 0.15) is 0 Å². The molecule has 0 fully saturated rings. The maximum Gasteiger partial charge on any atom is 0.253 e. The Hall–Kier alpha value is -1.52. The first-order valence-electron chi connectivity index (χ1n) is 5.64. The van der Waals surface area contributed by atoms with Gasteiger partial charge in [0.05, 0.1) is 16.3 Å². The van der Waals surface area contributed by atoms with Crippen molar-refractivity contribution in [3.8, 4) is 0 Å². The van der Waals surface area contributed by atoms with E-state index in [1.54, 1.807) is 18.2 Å². The van der Waals surface area contributed by atoms with Gasteiger partial charge in [-0.05, 0) is 29.8 Å². The number of carbonyl (C=O) groups excluding carboxylic acids is 1. The van der Waals surface area contributed by atoms with E-state index in [0.29, 0.717) is 17.8 Å². The lowest BCUT2D eigenvalue weighted by molar-refractivity contribution is 0.0951. The summed E-state index contributed by atoms with van der Waals surface area (Å²) in [6.07, 6.45) is 0. The molecule has 3 N–H and O–H groups in total. The molecule has 0 aliphatic heterocycles. The number of nitrogens with two attached hydrogens (primary N) is 1. The average molecular weight is 340 g/mol. The van der Waals surface area contributed by atoms with Crippen molar-refractivity contribution in [3.63, 3.8) is 0 Å². The summed E-state index contributed by atoms with van der Waals surface area (Å²) >= 11 is 9.39. The Labute approximate surface area is 124 Å². The molecule has 5 heteroatoms. The molecule has 2 aromatic carbocycles. The monoisotopic (exact) mass is 338 g/mol. The van der Waals surface area contributed by atoms with Crippen LogP contribution in [0.1, 0.15) is 15.9 Å². The van der Waals surface area contributed by atoms with E-state index in [-0.39, 0.29) is 10.9 Å². The molecule has 0 aliphatic carbocycles. The summed E-state index contributed by atoms with van der Waals surface area (Å²) in [5.41, 5.74) is 7.46. The number of benzene rings is 2. The molecule has 2 aromatic rings. The number of carbonyl (C=O) groups is 1. The van der Waals surface area contributed by atoms with Gasteiger partial charge in [0.2, 0.25) is 0 Å². The molecule has 19 heavy (non-hydrogen) atoms. The lowest BCUT2D eigenvalue weighted by Gasteiger charge is -2.08. The summed E-state index contributed by atoms with van der Waals surface area (Å²) in [5, 5.41) is 3.10. The van der Waals surface area contributed by atoms with E-state index in [4.69, 9.17) is 17.3 Å². The molecular formula is C14H12BrClN2O. The maximum atomic E-state index is 12.0. The van der Waals surface area contributed by atoms with E-state index in [2.05, 4.69) is 21.2 Å². The topological polar surface area (TPSA) is 55.1 Å². The van der Waals surface area contributed by atoms with Gasteiger partial charge in [-0.1, -0.05) is 45.7 Å². The summed E-state index contributed by atoms with van der Waals surface area (Å²) < 4.78 is 0.973. The van der Waals surface area contributed by atoms with Crippen molar-refractivity contribution in [2.45, 2.75) is 6.54 Å². The second kappa shape index (κ2) is 6.08. The zero-order chi connectivity index (χ0) is 13.8. The quantitative estimate of drug-likeness (QED) is 0.839. The third-order valence-corrected chi connectivity index (χ3v) is 3.53. The van der Waals surface area contributed by atoms with Gasteiger partial charge < -0.3 is 11.1 Å². The van der Waals surface area contributed by atoms with Crippen molar-refractivity contribution in [3.05, 3.63) is 63.1 Å². The molecule has 0 atom stereocenters. The third kappa shape index (κ3) is 3.49. The Morgan fingerprint density at radius 1 is 1.26 bits per heavy atom. The van der Waals surface area contributed by atoms with Crippen LogP contribution in [0.3, 0.4) is 0 Å². The van der Waals surface area contributed by atoms with Gasteiger partial charge in [0, 0.05) is 11.0 Å². The highest BCUT2D eigenvalue weighted by Crippen LogP contribution is 2.23. The Morgan fingerprint density at radius 2 is 2.00 bits per heavy atom.